The molecule has 0 aliphatic heterocycles. The van der Waals surface area contributed by atoms with Gasteiger partial charge < -0.3 is 10.1 Å². The third-order valence-electron chi connectivity index (χ3n) is 3.55. The number of hydrogen-bond donors (Lipinski definition) is 1. The second-order valence-corrected chi connectivity index (χ2v) is 4.89. The van der Waals surface area contributed by atoms with Gasteiger partial charge in [0.05, 0.1) is 7.11 Å². The topological polar surface area (TPSA) is 51.2 Å². The molecule has 1 aliphatic carbocycles. The molecular weight excluding hydrogens is 252 g/mol. The van der Waals surface area contributed by atoms with E-state index in [0.29, 0.717) is 23.3 Å². The van der Waals surface area contributed by atoms with Crippen molar-refractivity contribution in [1.29, 1.82) is 0 Å². The number of nitrogens with one attached hydrogen (secondary N) is 1. The highest BCUT2D eigenvalue weighted by Crippen LogP contribution is 2.42. The maximum Gasteiger partial charge on any atom is 0.341 e. The van der Waals surface area contributed by atoms with Crippen molar-refractivity contribution in [2.75, 3.05) is 12.4 Å². The number of carbonyl (C=O) groups excluding carboxylic acids is 1. The Morgan fingerprint density at radius 3 is 2.80 bits per heavy atom. The van der Waals surface area contributed by atoms with Crippen LogP contribution in [-0.2, 0) is 4.74 Å². The number of anilines is 1. The Balaban J connectivity index is 1.73. The first kappa shape index (κ1) is 12.7. The maximum atomic E-state index is 11.7. The Morgan fingerprint density at radius 2 is 2.05 bits per heavy atom. The number of carbonyl (C=O) groups is 1. The lowest BCUT2D eigenvalue weighted by atomic mass is 10.1. The number of pyridine rings is 1. The lowest BCUT2D eigenvalue weighted by Crippen LogP contribution is -2.12. The van der Waals surface area contributed by atoms with Crippen LogP contribution in [0, 0.1) is 0 Å². The molecule has 0 radical (unpaired) electrons. The minimum absolute atomic E-state index is 0.329. The van der Waals surface area contributed by atoms with Crippen LogP contribution in [0.5, 0.6) is 0 Å². The molecule has 2 aromatic rings. The Morgan fingerprint density at radius 1 is 1.25 bits per heavy atom. The Labute approximate surface area is 117 Å². The van der Waals surface area contributed by atoms with Gasteiger partial charge in [0, 0.05) is 18.2 Å². The smallest absolute Gasteiger partial charge is 0.341 e. The van der Waals surface area contributed by atoms with Crippen LogP contribution in [-0.4, -0.2) is 24.1 Å². The number of ether oxygens (including phenoxy) is 1. The van der Waals surface area contributed by atoms with Gasteiger partial charge in [0.1, 0.15) is 11.4 Å². The summed E-state index contributed by atoms with van der Waals surface area (Å²) in [6.45, 7) is 0. The van der Waals surface area contributed by atoms with Crippen LogP contribution in [0.25, 0.3) is 0 Å². The first-order valence-corrected chi connectivity index (χ1v) is 6.64. The molecule has 1 aromatic heterocycles. The third-order valence-corrected chi connectivity index (χ3v) is 3.55. The van der Waals surface area contributed by atoms with Crippen LogP contribution in [0.1, 0.15) is 28.3 Å². The average Bonchev–Trinajstić information content (AvgIpc) is 3.27. The third kappa shape index (κ3) is 2.50. The molecule has 1 aliphatic rings. The molecule has 1 heterocycles. The largest absolute Gasteiger partial charge is 0.465 e. The van der Waals surface area contributed by atoms with E-state index in [-0.39, 0.29) is 5.97 Å². The monoisotopic (exact) mass is 268 g/mol. The van der Waals surface area contributed by atoms with E-state index in [1.54, 1.807) is 18.3 Å². The van der Waals surface area contributed by atoms with Crippen LogP contribution in [0.2, 0.25) is 0 Å². The number of hydrogen-bond acceptors (Lipinski definition) is 4. The van der Waals surface area contributed by atoms with Crippen molar-refractivity contribution in [1.82, 2.24) is 4.98 Å². The standard InChI is InChI=1S/C16H16N2O2/c1-20-16(19)12-8-5-9-17-15(12)18-14-10-13(14)11-6-3-2-4-7-11/h2-9,13-14H,10H2,1H3,(H,17,18). The van der Waals surface area contributed by atoms with Crippen molar-refractivity contribution >= 4 is 11.8 Å². The molecule has 4 nitrogen and oxygen atoms in total. The van der Waals surface area contributed by atoms with Crippen LogP contribution < -0.4 is 5.32 Å². The number of rotatable bonds is 4. The van der Waals surface area contributed by atoms with E-state index < -0.39 is 0 Å². The molecule has 1 fully saturated rings. The summed E-state index contributed by atoms with van der Waals surface area (Å²) in [6.07, 6.45) is 2.73. The van der Waals surface area contributed by atoms with Crippen LogP contribution >= 0.6 is 0 Å². The molecule has 1 N–H and O–H groups in total. The fourth-order valence-electron chi connectivity index (χ4n) is 2.39. The zero-order valence-corrected chi connectivity index (χ0v) is 11.2. The van der Waals surface area contributed by atoms with Crippen LogP contribution in [0.4, 0.5) is 5.82 Å². The minimum Gasteiger partial charge on any atom is -0.465 e. The molecule has 0 amide bonds. The van der Waals surface area contributed by atoms with Gasteiger partial charge >= 0.3 is 5.97 Å². The molecule has 102 valence electrons. The SMILES string of the molecule is COC(=O)c1cccnc1NC1CC1c1ccccc1. The zero-order chi connectivity index (χ0) is 13.9. The maximum absolute atomic E-state index is 11.7. The quantitative estimate of drug-likeness (QED) is 0.866. The van der Waals surface area contributed by atoms with Gasteiger partial charge in [0.15, 0.2) is 0 Å². The number of esters is 1. The Bertz CT molecular complexity index is 613. The van der Waals surface area contributed by atoms with Crippen molar-refractivity contribution in [2.24, 2.45) is 0 Å². The summed E-state index contributed by atoms with van der Waals surface area (Å²) in [5, 5.41) is 3.34. The minimum atomic E-state index is -0.363. The van der Waals surface area contributed by atoms with Gasteiger partial charge in [0.25, 0.3) is 0 Å². The molecule has 1 aromatic carbocycles. The molecule has 2 unspecified atom stereocenters. The van der Waals surface area contributed by atoms with Gasteiger partial charge in [0.2, 0.25) is 0 Å². The van der Waals surface area contributed by atoms with Gasteiger partial charge in [-0.2, -0.15) is 0 Å². The lowest BCUT2D eigenvalue weighted by Gasteiger charge is -2.09. The van der Waals surface area contributed by atoms with E-state index in [4.69, 9.17) is 4.74 Å². The second-order valence-electron chi connectivity index (χ2n) is 4.89. The fourth-order valence-corrected chi connectivity index (χ4v) is 2.39. The molecule has 2 atom stereocenters. The molecular formula is C16H16N2O2. The summed E-state index contributed by atoms with van der Waals surface area (Å²) < 4.78 is 4.77. The van der Waals surface area contributed by atoms with Gasteiger partial charge in [-0.1, -0.05) is 30.3 Å². The van der Waals surface area contributed by atoms with E-state index in [1.165, 1.54) is 12.7 Å². The van der Waals surface area contributed by atoms with Gasteiger partial charge in [-0.05, 0) is 24.1 Å². The van der Waals surface area contributed by atoms with Crippen molar-refractivity contribution in [3.8, 4) is 0 Å². The number of methoxy groups -OCH3 is 1. The van der Waals surface area contributed by atoms with E-state index in [2.05, 4.69) is 22.4 Å². The summed E-state index contributed by atoms with van der Waals surface area (Å²) in [6, 6.07) is 14.2. The molecule has 3 rings (SSSR count). The van der Waals surface area contributed by atoms with E-state index >= 15 is 0 Å². The molecule has 4 heteroatoms. The highest BCUT2D eigenvalue weighted by molar-refractivity contribution is 5.94. The molecule has 1 saturated carbocycles. The van der Waals surface area contributed by atoms with Crippen molar-refractivity contribution in [2.45, 2.75) is 18.4 Å². The van der Waals surface area contributed by atoms with Gasteiger partial charge in [-0.15, -0.1) is 0 Å². The van der Waals surface area contributed by atoms with Gasteiger partial charge in [-0.3, -0.25) is 0 Å². The summed E-state index contributed by atoms with van der Waals surface area (Å²) >= 11 is 0. The highest BCUT2D eigenvalue weighted by atomic mass is 16.5. The van der Waals surface area contributed by atoms with Crippen LogP contribution in [0.15, 0.2) is 48.7 Å². The number of benzene rings is 1. The first-order chi connectivity index (χ1) is 9.79. The number of aromatic nitrogens is 1. The van der Waals surface area contributed by atoms with E-state index in [1.807, 2.05) is 18.2 Å². The molecule has 20 heavy (non-hydrogen) atoms. The first-order valence-electron chi connectivity index (χ1n) is 6.64. The van der Waals surface area contributed by atoms with Crippen molar-refractivity contribution < 1.29 is 9.53 Å². The second kappa shape index (κ2) is 5.33. The van der Waals surface area contributed by atoms with Crippen molar-refractivity contribution in [3.63, 3.8) is 0 Å². The average molecular weight is 268 g/mol. The van der Waals surface area contributed by atoms with Crippen LogP contribution in [0.3, 0.4) is 0 Å². The molecule has 0 spiro atoms. The predicted molar refractivity (Wildman–Crippen MR) is 76.8 cm³/mol. The number of nitrogens with zero attached hydrogens (tertiary/aromatic N) is 1. The summed E-state index contributed by atoms with van der Waals surface area (Å²) in [4.78, 5) is 15.9. The fraction of sp³-hybridized carbons (Fsp3) is 0.250. The Kier molecular flexibility index (Phi) is 3.37. The summed E-state index contributed by atoms with van der Waals surface area (Å²) in [5.74, 6) is 0.726. The predicted octanol–water partition coefficient (Wildman–Crippen LogP) is 2.84. The molecule has 0 bridgehead atoms. The van der Waals surface area contributed by atoms with E-state index in [9.17, 15) is 4.79 Å². The highest BCUT2D eigenvalue weighted by Gasteiger charge is 2.39. The summed E-state index contributed by atoms with van der Waals surface area (Å²) in [7, 11) is 1.38. The van der Waals surface area contributed by atoms with E-state index in [0.717, 1.165) is 6.42 Å². The van der Waals surface area contributed by atoms with Gasteiger partial charge in [-0.25, -0.2) is 9.78 Å². The lowest BCUT2D eigenvalue weighted by molar-refractivity contribution is 0.0601. The molecule has 0 saturated heterocycles. The summed E-state index contributed by atoms with van der Waals surface area (Å²) in [5.41, 5.74) is 1.80. The normalized spacial score (nSPS) is 20.2. The Hall–Kier alpha value is -2.36. The zero-order valence-electron chi connectivity index (χ0n) is 11.2. The van der Waals surface area contributed by atoms with Crippen molar-refractivity contribution in [3.05, 3.63) is 59.8 Å².